The summed E-state index contributed by atoms with van der Waals surface area (Å²) < 4.78 is 5.75. The Balaban J connectivity index is 1.51. The monoisotopic (exact) mass is 295 g/mol. The van der Waals surface area contributed by atoms with Gasteiger partial charge in [0.05, 0.1) is 5.56 Å². The van der Waals surface area contributed by atoms with Crippen molar-refractivity contribution in [2.45, 2.75) is 25.3 Å². The van der Waals surface area contributed by atoms with Crippen molar-refractivity contribution in [2.24, 2.45) is 0 Å². The quantitative estimate of drug-likeness (QED) is 0.781. The van der Waals surface area contributed by atoms with Crippen LogP contribution in [0.1, 0.15) is 35.1 Å². The number of fused-ring (bicyclic) bond motifs is 1. The maximum Gasteiger partial charge on any atom is 0.198 e. The van der Waals surface area contributed by atoms with Crippen molar-refractivity contribution in [3.8, 4) is 6.07 Å². The zero-order chi connectivity index (χ0) is 14.2. The zero-order valence-electron chi connectivity index (χ0n) is 11.3. The van der Waals surface area contributed by atoms with Gasteiger partial charge in [-0.1, -0.05) is 0 Å². The molecule has 0 aliphatic heterocycles. The third-order valence-electron chi connectivity index (χ3n) is 3.58. The molecule has 2 heterocycles. The first-order valence-electron chi connectivity index (χ1n) is 6.94. The highest BCUT2D eigenvalue weighted by atomic mass is 32.1. The number of aromatic nitrogens is 1. The van der Waals surface area contributed by atoms with Gasteiger partial charge in [0, 0.05) is 28.4 Å². The summed E-state index contributed by atoms with van der Waals surface area (Å²) in [4.78, 5) is 5.70. The van der Waals surface area contributed by atoms with Crippen LogP contribution in [0.15, 0.2) is 34.1 Å². The van der Waals surface area contributed by atoms with Gasteiger partial charge in [-0.05, 0) is 37.1 Å². The standard InChI is InChI=1S/C16H13N3OS/c17-7-10-5-13(21-9-10)8-18-12-3-4-15-14(6-12)19-16(20-15)11-1-2-11/h3-6,9,11,18H,1-2,8H2. The van der Waals surface area contributed by atoms with Gasteiger partial charge in [0.2, 0.25) is 0 Å². The Bertz CT molecular complexity index is 839. The largest absolute Gasteiger partial charge is 0.440 e. The first-order chi connectivity index (χ1) is 10.3. The van der Waals surface area contributed by atoms with Gasteiger partial charge in [0.1, 0.15) is 11.6 Å². The average molecular weight is 295 g/mol. The lowest BCUT2D eigenvalue weighted by Crippen LogP contribution is -1.96. The van der Waals surface area contributed by atoms with E-state index in [4.69, 9.17) is 9.68 Å². The highest BCUT2D eigenvalue weighted by molar-refractivity contribution is 7.10. The lowest BCUT2D eigenvalue weighted by atomic mass is 10.2. The molecule has 0 radical (unpaired) electrons. The minimum Gasteiger partial charge on any atom is -0.440 e. The Morgan fingerprint density at radius 1 is 1.38 bits per heavy atom. The van der Waals surface area contributed by atoms with Gasteiger partial charge in [-0.25, -0.2) is 4.98 Å². The van der Waals surface area contributed by atoms with E-state index in [1.807, 2.05) is 29.6 Å². The van der Waals surface area contributed by atoms with E-state index in [-0.39, 0.29) is 0 Å². The van der Waals surface area contributed by atoms with E-state index in [0.717, 1.165) is 33.1 Å². The fourth-order valence-corrected chi connectivity index (χ4v) is 3.03. The number of hydrogen-bond acceptors (Lipinski definition) is 5. The normalized spacial score (nSPS) is 14.2. The van der Waals surface area contributed by atoms with E-state index < -0.39 is 0 Å². The maximum absolute atomic E-state index is 8.82. The lowest BCUT2D eigenvalue weighted by Gasteiger charge is -2.03. The van der Waals surface area contributed by atoms with Crippen molar-refractivity contribution in [1.29, 1.82) is 5.26 Å². The van der Waals surface area contributed by atoms with Crippen LogP contribution in [-0.2, 0) is 6.54 Å². The summed E-state index contributed by atoms with van der Waals surface area (Å²) in [7, 11) is 0. The van der Waals surface area contributed by atoms with Gasteiger partial charge < -0.3 is 9.73 Å². The Kier molecular flexibility index (Phi) is 2.90. The van der Waals surface area contributed by atoms with E-state index in [1.165, 1.54) is 12.8 Å². The molecule has 0 amide bonds. The molecular formula is C16H13N3OS. The minimum atomic E-state index is 0.532. The molecule has 104 valence electrons. The van der Waals surface area contributed by atoms with Crippen molar-refractivity contribution < 1.29 is 4.42 Å². The number of benzene rings is 1. The van der Waals surface area contributed by atoms with Crippen LogP contribution in [0.5, 0.6) is 0 Å². The first kappa shape index (κ1) is 12.4. The van der Waals surface area contributed by atoms with Gasteiger partial charge >= 0.3 is 0 Å². The Hall–Kier alpha value is -2.32. The summed E-state index contributed by atoms with van der Waals surface area (Å²) in [5.74, 6) is 1.41. The number of nitriles is 1. The summed E-state index contributed by atoms with van der Waals surface area (Å²) in [5, 5.41) is 14.1. The fourth-order valence-electron chi connectivity index (χ4n) is 2.28. The zero-order valence-corrected chi connectivity index (χ0v) is 12.1. The van der Waals surface area contributed by atoms with Crippen molar-refractivity contribution >= 4 is 28.1 Å². The van der Waals surface area contributed by atoms with Gasteiger partial charge in [0.25, 0.3) is 0 Å². The summed E-state index contributed by atoms with van der Waals surface area (Å²) in [6.07, 6.45) is 2.38. The van der Waals surface area contributed by atoms with Gasteiger partial charge in [-0.2, -0.15) is 5.26 Å². The van der Waals surface area contributed by atoms with Crippen LogP contribution < -0.4 is 5.32 Å². The van der Waals surface area contributed by atoms with Gasteiger partial charge in [-0.3, -0.25) is 0 Å². The average Bonchev–Trinajstić information content (AvgIpc) is 3.11. The van der Waals surface area contributed by atoms with Crippen LogP contribution in [0.4, 0.5) is 5.69 Å². The van der Waals surface area contributed by atoms with Crippen LogP contribution in [-0.4, -0.2) is 4.98 Å². The molecule has 0 unspecified atom stereocenters. The number of oxazole rings is 1. The molecular weight excluding hydrogens is 282 g/mol. The molecule has 1 N–H and O–H groups in total. The maximum atomic E-state index is 8.82. The minimum absolute atomic E-state index is 0.532. The number of nitrogens with zero attached hydrogens (tertiary/aromatic N) is 2. The molecule has 0 bridgehead atoms. The molecule has 3 aromatic rings. The Labute approximate surface area is 126 Å². The molecule has 4 rings (SSSR count). The van der Waals surface area contributed by atoms with Crippen LogP contribution in [0.3, 0.4) is 0 Å². The predicted molar refractivity (Wildman–Crippen MR) is 82.3 cm³/mol. The summed E-state index contributed by atoms with van der Waals surface area (Å²) in [5.41, 5.74) is 3.50. The van der Waals surface area contributed by atoms with Crippen molar-refractivity contribution in [1.82, 2.24) is 4.98 Å². The van der Waals surface area contributed by atoms with E-state index >= 15 is 0 Å². The van der Waals surface area contributed by atoms with Crippen molar-refractivity contribution in [3.05, 3.63) is 46.0 Å². The molecule has 1 aromatic carbocycles. The Morgan fingerprint density at radius 3 is 3.05 bits per heavy atom. The fraction of sp³-hybridized carbons (Fsp3) is 0.250. The highest BCUT2D eigenvalue weighted by Crippen LogP contribution is 2.40. The summed E-state index contributed by atoms with van der Waals surface area (Å²) in [6, 6.07) is 10.0. The number of rotatable bonds is 4. The number of anilines is 1. The second kappa shape index (κ2) is 4.90. The molecule has 1 aliphatic rings. The second-order valence-corrected chi connectivity index (χ2v) is 6.27. The highest BCUT2D eigenvalue weighted by Gasteiger charge is 2.28. The number of hydrogen-bond donors (Lipinski definition) is 1. The van der Waals surface area contributed by atoms with E-state index in [2.05, 4.69) is 16.4 Å². The van der Waals surface area contributed by atoms with Gasteiger partial charge in [0.15, 0.2) is 11.5 Å². The van der Waals surface area contributed by atoms with Crippen molar-refractivity contribution in [2.75, 3.05) is 5.32 Å². The first-order valence-corrected chi connectivity index (χ1v) is 7.81. The van der Waals surface area contributed by atoms with Crippen LogP contribution in [0, 0.1) is 11.3 Å². The number of nitrogens with one attached hydrogen (secondary N) is 1. The molecule has 0 spiro atoms. The second-order valence-electron chi connectivity index (χ2n) is 5.28. The van der Waals surface area contributed by atoms with Crippen LogP contribution in [0.2, 0.25) is 0 Å². The molecule has 21 heavy (non-hydrogen) atoms. The third kappa shape index (κ3) is 2.50. The molecule has 5 heteroatoms. The third-order valence-corrected chi connectivity index (χ3v) is 4.52. The predicted octanol–water partition coefficient (Wildman–Crippen LogP) is 4.25. The van der Waals surface area contributed by atoms with E-state index in [1.54, 1.807) is 11.3 Å². The molecule has 2 aromatic heterocycles. The smallest absolute Gasteiger partial charge is 0.198 e. The Morgan fingerprint density at radius 2 is 2.29 bits per heavy atom. The summed E-state index contributed by atoms with van der Waals surface area (Å²) in [6.45, 7) is 0.713. The lowest BCUT2D eigenvalue weighted by molar-refractivity contribution is 0.533. The van der Waals surface area contributed by atoms with Crippen LogP contribution in [0.25, 0.3) is 11.1 Å². The molecule has 1 saturated carbocycles. The van der Waals surface area contributed by atoms with Gasteiger partial charge in [-0.15, -0.1) is 11.3 Å². The summed E-state index contributed by atoms with van der Waals surface area (Å²) >= 11 is 1.59. The van der Waals surface area contributed by atoms with Crippen LogP contribution >= 0.6 is 11.3 Å². The SMILES string of the molecule is N#Cc1csc(CNc2ccc3oc(C4CC4)nc3c2)c1. The molecule has 0 atom stereocenters. The molecule has 1 fully saturated rings. The van der Waals surface area contributed by atoms with E-state index in [0.29, 0.717) is 12.5 Å². The number of thiophene rings is 1. The molecule has 1 aliphatic carbocycles. The topological polar surface area (TPSA) is 61.9 Å². The molecule has 0 saturated heterocycles. The molecule has 4 nitrogen and oxygen atoms in total. The van der Waals surface area contributed by atoms with E-state index in [9.17, 15) is 0 Å². The van der Waals surface area contributed by atoms with Crippen molar-refractivity contribution in [3.63, 3.8) is 0 Å².